The first-order valence-electron chi connectivity index (χ1n) is 9.25. The molecule has 0 N–H and O–H groups in total. The van der Waals surface area contributed by atoms with Gasteiger partial charge in [0, 0.05) is 0 Å². The van der Waals surface area contributed by atoms with Gasteiger partial charge in [0.1, 0.15) is 38.6 Å². The highest BCUT2D eigenvalue weighted by Crippen LogP contribution is 2.23. The molecule has 0 aromatic heterocycles. The maximum absolute atomic E-state index is 11.6. The first kappa shape index (κ1) is 23.0. The van der Waals surface area contributed by atoms with Gasteiger partial charge in [0.2, 0.25) is 0 Å². The Morgan fingerprint density at radius 2 is 1.18 bits per heavy atom. The fraction of sp³-hybridized carbons (Fsp3) is 0.889. The summed E-state index contributed by atoms with van der Waals surface area (Å²) in [6.07, 6.45) is -0.555. The molecule has 28 heavy (non-hydrogen) atoms. The molecule has 0 amide bonds. The largest absolute Gasteiger partial charge is 0.461 e. The van der Waals surface area contributed by atoms with Crippen molar-refractivity contribution in [2.45, 2.75) is 51.5 Å². The number of hydrogen-bond donors (Lipinski definition) is 0. The molecule has 0 aromatic carbocycles. The molecule has 2 saturated heterocycles. The maximum atomic E-state index is 11.6. The molecule has 0 bridgehead atoms. The molecule has 2 unspecified atom stereocenters. The number of ether oxygens (including phenoxy) is 8. The fourth-order valence-electron chi connectivity index (χ4n) is 2.57. The molecule has 162 valence electrons. The minimum atomic E-state index is -0.652. The van der Waals surface area contributed by atoms with Crippen LogP contribution in [-0.4, -0.2) is 88.6 Å². The molecule has 2 aliphatic rings. The minimum Gasteiger partial charge on any atom is -0.461 e. The second kappa shape index (κ2) is 10.5. The number of rotatable bonds is 11. The highest BCUT2D eigenvalue weighted by molar-refractivity contribution is 5.71. The lowest BCUT2D eigenvalue weighted by Gasteiger charge is -2.17. The highest BCUT2D eigenvalue weighted by Gasteiger charge is 2.34. The summed E-state index contributed by atoms with van der Waals surface area (Å²) in [5.41, 5.74) is 0. The molecule has 0 aromatic rings. The van der Waals surface area contributed by atoms with Gasteiger partial charge in [-0.15, -0.1) is 0 Å². The summed E-state index contributed by atoms with van der Waals surface area (Å²) in [7, 11) is 0. The summed E-state index contributed by atoms with van der Waals surface area (Å²) in [6.45, 7) is 8.04. The molecular formula is C18H30O10. The van der Waals surface area contributed by atoms with Crippen LogP contribution in [0.15, 0.2) is 0 Å². The Hall–Kier alpha value is -1.30. The Kier molecular flexibility index (Phi) is 8.59. The van der Waals surface area contributed by atoms with Gasteiger partial charge < -0.3 is 37.9 Å². The maximum Gasteiger partial charge on any atom is 0.332 e. The van der Waals surface area contributed by atoms with Crippen LogP contribution in [0.1, 0.15) is 27.7 Å². The third-order valence-electron chi connectivity index (χ3n) is 3.81. The molecule has 0 saturated carbocycles. The topological polar surface area (TPSA) is 108 Å². The number of carbonyl (C=O) groups excluding carboxylic acids is 2. The molecule has 2 heterocycles. The van der Waals surface area contributed by atoms with Crippen molar-refractivity contribution in [3.63, 3.8) is 0 Å². The quantitative estimate of drug-likeness (QED) is 0.353. The summed E-state index contributed by atoms with van der Waals surface area (Å²) >= 11 is 0. The van der Waals surface area contributed by atoms with E-state index in [0.29, 0.717) is 13.2 Å². The van der Waals surface area contributed by atoms with Gasteiger partial charge in [0.05, 0.1) is 26.4 Å². The van der Waals surface area contributed by atoms with Crippen molar-refractivity contribution >= 4 is 11.9 Å². The van der Waals surface area contributed by atoms with Gasteiger partial charge in [0.15, 0.2) is 11.6 Å². The Morgan fingerprint density at radius 3 is 1.50 bits per heavy atom. The van der Waals surface area contributed by atoms with Crippen LogP contribution in [0.2, 0.25) is 0 Å². The second-order valence-electron chi connectivity index (χ2n) is 7.37. The second-order valence-corrected chi connectivity index (χ2v) is 7.37. The van der Waals surface area contributed by atoms with E-state index < -0.39 is 23.5 Å². The summed E-state index contributed by atoms with van der Waals surface area (Å²) in [6, 6.07) is 0. The van der Waals surface area contributed by atoms with Gasteiger partial charge in [-0.1, -0.05) is 0 Å². The van der Waals surface area contributed by atoms with E-state index in [1.54, 1.807) is 27.7 Å². The Labute approximate surface area is 164 Å². The van der Waals surface area contributed by atoms with Crippen LogP contribution >= 0.6 is 0 Å². The van der Waals surface area contributed by atoms with E-state index in [9.17, 15) is 9.59 Å². The third kappa shape index (κ3) is 8.80. The highest BCUT2D eigenvalue weighted by atomic mass is 16.8. The molecule has 10 heteroatoms. The van der Waals surface area contributed by atoms with Crippen LogP contribution in [0.5, 0.6) is 0 Å². The van der Waals surface area contributed by atoms with Crippen molar-refractivity contribution in [3.05, 3.63) is 0 Å². The summed E-state index contributed by atoms with van der Waals surface area (Å²) < 4.78 is 42.2. The number of carbonyl (C=O) groups is 2. The lowest BCUT2D eigenvalue weighted by Crippen LogP contribution is -2.27. The van der Waals surface area contributed by atoms with Crippen LogP contribution in [-0.2, 0) is 47.5 Å². The van der Waals surface area contributed by atoms with Crippen molar-refractivity contribution in [1.29, 1.82) is 0 Å². The predicted molar refractivity (Wildman–Crippen MR) is 93.4 cm³/mol. The lowest BCUT2D eigenvalue weighted by molar-refractivity contribution is -0.163. The van der Waals surface area contributed by atoms with E-state index in [2.05, 4.69) is 0 Å². The Balaban J connectivity index is 1.41. The van der Waals surface area contributed by atoms with Gasteiger partial charge in [-0.25, -0.2) is 9.59 Å². The third-order valence-corrected chi connectivity index (χ3v) is 3.81. The molecule has 2 aliphatic heterocycles. The molecule has 2 atom stereocenters. The van der Waals surface area contributed by atoms with Crippen molar-refractivity contribution in [1.82, 2.24) is 0 Å². The zero-order valence-corrected chi connectivity index (χ0v) is 16.9. The molecule has 0 aliphatic carbocycles. The fourth-order valence-corrected chi connectivity index (χ4v) is 2.57. The Bertz CT molecular complexity index is 472. The standard InChI is InChI=1S/C18H30O10/c1-17(2)25-9-13(27-17)7-23-15(19)11-21-5-6-22-12-16(20)24-8-14-10-26-18(3,4)28-14/h13-14H,5-12H2,1-4H3. The van der Waals surface area contributed by atoms with Gasteiger partial charge in [-0.2, -0.15) is 0 Å². The van der Waals surface area contributed by atoms with Crippen LogP contribution in [0.3, 0.4) is 0 Å². The molecule has 0 spiro atoms. The van der Waals surface area contributed by atoms with Crippen molar-refractivity contribution < 1.29 is 47.5 Å². The van der Waals surface area contributed by atoms with E-state index in [4.69, 9.17) is 37.9 Å². The molecule has 0 radical (unpaired) electrons. The van der Waals surface area contributed by atoms with E-state index >= 15 is 0 Å². The summed E-state index contributed by atoms with van der Waals surface area (Å²) in [5, 5.41) is 0. The van der Waals surface area contributed by atoms with E-state index in [1.165, 1.54) is 0 Å². The van der Waals surface area contributed by atoms with Crippen LogP contribution in [0.4, 0.5) is 0 Å². The van der Waals surface area contributed by atoms with Crippen LogP contribution in [0.25, 0.3) is 0 Å². The van der Waals surface area contributed by atoms with Crippen molar-refractivity contribution in [2.75, 3.05) is 52.9 Å². The Morgan fingerprint density at radius 1 is 0.786 bits per heavy atom. The summed E-state index contributed by atoms with van der Waals surface area (Å²) in [5.74, 6) is -2.31. The number of hydrogen-bond acceptors (Lipinski definition) is 10. The van der Waals surface area contributed by atoms with Crippen LogP contribution < -0.4 is 0 Å². The van der Waals surface area contributed by atoms with Crippen molar-refractivity contribution in [2.24, 2.45) is 0 Å². The lowest BCUT2D eigenvalue weighted by atomic mass is 10.4. The average Bonchev–Trinajstić information content (AvgIpc) is 3.15. The smallest absolute Gasteiger partial charge is 0.332 e. The van der Waals surface area contributed by atoms with Crippen molar-refractivity contribution in [3.8, 4) is 0 Å². The van der Waals surface area contributed by atoms with Gasteiger partial charge in [-0.05, 0) is 27.7 Å². The molecule has 10 nitrogen and oxygen atoms in total. The number of esters is 2. The molecule has 2 rings (SSSR count). The van der Waals surface area contributed by atoms with E-state index in [0.717, 1.165) is 0 Å². The predicted octanol–water partition coefficient (Wildman–Crippen LogP) is 0.409. The minimum absolute atomic E-state index is 0.112. The monoisotopic (exact) mass is 406 g/mol. The average molecular weight is 406 g/mol. The normalized spacial score (nSPS) is 25.6. The van der Waals surface area contributed by atoms with Gasteiger partial charge in [-0.3, -0.25) is 0 Å². The molecule has 2 fully saturated rings. The first-order valence-corrected chi connectivity index (χ1v) is 9.25. The van der Waals surface area contributed by atoms with Crippen LogP contribution in [0, 0.1) is 0 Å². The van der Waals surface area contributed by atoms with Gasteiger partial charge >= 0.3 is 11.9 Å². The summed E-state index contributed by atoms with van der Waals surface area (Å²) in [4.78, 5) is 23.2. The zero-order chi connectivity index (χ0) is 20.6. The van der Waals surface area contributed by atoms with E-state index in [-0.39, 0.29) is 51.8 Å². The first-order chi connectivity index (χ1) is 13.2. The SMILES string of the molecule is CC1(C)OCC(COC(=O)COCCOCC(=O)OCC2COC(C)(C)O2)O1. The van der Waals surface area contributed by atoms with Gasteiger partial charge in [0.25, 0.3) is 0 Å². The van der Waals surface area contributed by atoms with E-state index in [1.807, 2.05) is 0 Å². The zero-order valence-electron chi connectivity index (χ0n) is 16.9. The molecular weight excluding hydrogens is 376 g/mol.